The van der Waals surface area contributed by atoms with Crippen LogP contribution in [0.4, 0.5) is 0 Å². The Bertz CT molecular complexity index is 305. The Hall–Kier alpha value is -0.520. The summed E-state index contributed by atoms with van der Waals surface area (Å²) in [7, 11) is 0. The summed E-state index contributed by atoms with van der Waals surface area (Å²) in [6.07, 6.45) is 4.14. The van der Waals surface area contributed by atoms with Gasteiger partial charge in [-0.3, -0.25) is 4.90 Å². The van der Waals surface area contributed by atoms with E-state index < -0.39 is 0 Å². The van der Waals surface area contributed by atoms with Crippen molar-refractivity contribution in [2.24, 2.45) is 11.3 Å². The van der Waals surface area contributed by atoms with Crippen molar-refractivity contribution in [3.8, 4) is 11.8 Å². The van der Waals surface area contributed by atoms with E-state index in [4.69, 9.17) is 4.74 Å². The van der Waals surface area contributed by atoms with Gasteiger partial charge in [-0.2, -0.15) is 0 Å². The molecular weight excluding hydrogens is 234 g/mol. The molecule has 1 atom stereocenters. The van der Waals surface area contributed by atoms with Crippen LogP contribution < -0.4 is 0 Å². The van der Waals surface area contributed by atoms with Crippen molar-refractivity contribution in [3.63, 3.8) is 0 Å². The van der Waals surface area contributed by atoms with E-state index in [9.17, 15) is 0 Å². The van der Waals surface area contributed by atoms with Gasteiger partial charge in [-0.1, -0.05) is 52.9 Å². The van der Waals surface area contributed by atoms with Crippen molar-refractivity contribution in [1.29, 1.82) is 0 Å². The van der Waals surface area contributed by atoms with E-state index in [0.29, 0.717) is 17.4 Å². The molecule has 110 valence electrons. The fourth-order valence-corrected chi connectivity index (χ4v) is 2.32. The molecule has 1 aliphatic rings. The van der Waals surface area contributed by atoms with Gasteiger partial charge in [-0.25, -0.2) is 0 Å². The summed E-state index contributed by atoms with van der Waals surface area (Å²) in [5.41, 5.74) is 0.442. The minimum atomic E-state index is 0.414. The molecule has 0 aromatic heterocycles. The predicted molar refractivity (Wildman–Crippen MR) is 82.1 cm³/mol. The SMILES string of the molecule is CC(C)C#CCN1CCO[C@@H](CCCC(C)(C)C)C1. The zero-order valence-corrected chi connectivity index (χ0v) is 13.5. The Kier molecular flexibility index (Phi) is 6.89. The number of hydrogen-bond donors (Lipinski definition) is 0. The van der Waals surface area contributed by atoms with Crippen molar-refractivity contribution in [2.75, 3.05) is 26.2 Å². The van der Waals surface area contributed by atoms with Gasteiger partial charge < -0.3 is 4.74 Å². The van der Waals surface area contributed by atoms with Gasteiger partial charge in [0.2, 0.25) is 0 Å². The summed E-state index contributed by atoms with van der Waals surface area (Å²) in [6.45, 7) is 15.1. The van der Waals surface area contributed by atoms with E-state index in [1.54, 1.807) is 0 Å². The molecule has 1 heterocycles. The second kappa shape index (κ2) is 7.92. The summed E-state index contributed by atoms with van der Waals surface area (Å²) in [5.74, 6) is 6.99. The third-order valence-electron chi connectivity index (χ3n) is 3.37. The van der Waals surface area contributed by atoms with Crippen LogP contribution in [0.3, 0.4) is 0 Å². The number of nitrogens with zero attached hydrogens (tertiary/aromatic N) is 1. The molecule has 0 N–H and O–H groups in total. The molecule has 19 heavy (non-hydrogen) atoms. The zero-order valence-electron chi connectivity index (χ0n) is 13.5. The van der Waals surface area contributed by atoms with Gasteiger partial charge in [-0.05, 0) is 18.3 Å². The molecule has 1 saturated heterocycles. The Morgan fingerprint density at radius 2 is 2.05 bits per heavy atom. The van der Waals surface area contributed by atoms with Gasteiger partial charge in [0.05, 0.1) is 19.3 Å². The average molecular weight is 265 g/mol. The maximum absolute atomic E-state index is 5.86. The summed E-state index contributed by atoms with van der Waals surface area (Å²) < 4.78 is 5.86. The third kappa shape index (κ3) is 8.29. The summed E-state index contributed by atoms with van der Waals surface area (Å²) in [4.78, 5) is 2.43. The third-order valence-corrected chi connectivity index (χ3v) is 3.37. The molecule has 0 aliphatic carbocycles. The van der Waals surface area contributed by atoms with Gasteiger partial charge >= 0.3 is 0 Å². The minimum Gasteiger partial charge on any atom is -0.376 e. The zero-order chi connectivity index (χ0) is 14.3. The lowest BCUT2D eigenvalue weighted by Crippen LogP contribution is -2.42. The first kappa shape index (κ1) is 16.5. The van der Waals surface area contributed by atoms with Gasteiger partial charge in [-0.15, -0.1) is 0 Å². The van der Waals surface area contributed by atoms with Crippen LogP contribution >= 0.6 is 0 Å². The Morgan fingerprint density at radius 1 is 1.32 bits per heavy atom. The molecule has 0 unspecified atom stereocenters. The normalized spacial score (nSPS) is 21.3. The van der Waals surface area contributed by atoms with Gasteiger partial charge in [0.1, 0.15) is 0 Å². The highest BCUT2D eigenvalue weighted by atomic mass is 16.5. The van der Waals surface area contributed by atoms with E-state index in [2.05, 4.69) is 51.4 Å². The summed E-state index contributed by atoms with van der Waals surface area (Å²) in [6, 6.07) is 0. The van der Waals surface area contributed by atoms with Crippen LogP contribution in [0, 0.1) is 23.2 Å². The molecule has 1 aliphatic heterocycles. The topological polar surface area (TPSA) is 12.5 Å². The second-order valence-corrected chi connectivity index (χ2v) is 7.16. The van der Waals surface area contributed by atoms with Crippen LogP contribution in [0.25, 0.3) is 0 Å². The van der Waals surface area contributed by atoms with Crippen LogP contribution in [0.5, 0.6) is 0 Å². The Labute approximate surface area is 119 Å². The van der Waals surface area contributed by atoms with Gasteiger partial charge in [0.25, 0.3) is 0 Å². The van der Waals surface area contributed by atoms with Crippen LogP contribution in [0.15, 0.2) is 0 Å². The molecule has 0 spiro atoms. The first-order valence-corrected chi connectivity index (χ1v) is 7.69. The fourth-order valence-electron chi connectivity index (χ4n) is 2.32. The summed E-state index contributed by atoms with van der Waals surface area (Å²) in [5, 5.41) is 0. The Morgan fingerprint density at radius 3 is 2.68 bits per heavy atom. The molecule has 2 heteroatoms. The summed E-state index contributed by atoms with van der Waals surface area (Å²) >= 11 is 0. The highest BCUT2D eigenvalue weighted by molar-refractivity contribution is 5.03. The molecule has 0 radical (unpaired) electrons. The first-order valence-electron chi connectivity index (χ1n) is 7.69. The first-order chi connectivity index (χ1) is 8.87. The smallest absolute Gasteiger partial charge is 0.0703 e. The van der Waals surface area contributed by atoms with Crippen LogP contribution in [0.1, 0.15) is 53.9 Å². The maximum Gasteiger partial charge on any atom is 0.0703 e. The standard InChI is InChI=1S/C17H31NO/c1-15(2)8-7-11-18-12-13-19-16(14-18)9-6-10-17(3,4)5/h15-16H,6,9-14H2,1-5H3/t16-/m0/s1. The van der Waals surface area contributed by atoms with E-state index in [0.717, 1.165) is 26.2 Å². The molecule has 2 nitrogen and oxygen atoms in total. The van der Waals surface area contributed by atoms with Crippen LogP contribution in [-0.2, 0) is 4.74 Å². The monoisotopic (exact) mass is 265 g/mol. The lowest BCUT2D eigenvalue weighted by Gasteiger charge is -2.32. The number of hydrogen-bond acceptors (Lipinski definition) is 2. The highest BCUT2D eigenvalue weighted by Crippen LogP contribution is 2.23. The highest BCUT2D eigenvalue weighted by Gasteiger charge is 2.20. The fraction of sp³-hybridized carbons (Fsp3) is 0.882. The van der Waals surface area contributed by atoms with Crippen LogP contribution in [-0.4, -0.2) is 37.2 Å². The number of rotatable bonds is 4. The number of ether oxygens (including phenoxy) is 1. The molecular formula is C17H31NO. The maximum atomic E-state index is 5.86. The van der Waals surface area contributed by atoms with E-state index >= 15 is 0 Å². The Balaban J connectivity index is 2.25. The second-order valence-electron chi connectivity index (χ2n) is 7.16. The largest absolute Gasteiger partial charge is 0.376 e. The molecule has 0 aromatic rings. The van der Waals surface area contributed by atoms with E-state index in [1.807, 2.05) is 0 Å². The lowest BCUT2D eigenvalue weighted by molar-refractivity contribution is -0.0293. The van der Waals surface area contributed by atoms with Crippen molar-refractivity contribution in [2.45, 2.75) is 60.0 Å². The van der Waals surface area contributed by atoms with Crippen LogP contribution in [0.2, 0.25) is 0 Å². The van der Waals surface area contributed by atoms with Crippen molar-refractivity contribution in [3.05, 3.63) is 0 Å². The molecule has 1 rings (SSSR count). The lowest BCUT2D eigenvalue weighted by atomic mass is 9.89. The van der Waals surface area contributed by atoms with Crippen molar-refractivity contribution in [1.82, 2.24) is 4.90 Å². The quantitative estimate of drug-likeness (QED) is 0.721. The van der Waals surface area contributed by atoms with Crippen molar-refractivity contribution >= 4 is 0 Å². The predicted octanol–water partition coefficient (Wildman–Crippen LogP) is 3.56. The molecule has 1 fully saturated rings. The minimum absolute atomic E-state index is 0.414. The van der Waals surface area contributed by atoms with Crippen molar-refractivity contribution < 1.29 is 4.74 Å². The van der Waals surface area contributed by atoms with Gasteiger partial charge in [0, 0.05) is 19.0 Å². The van der Waals surface area contributed by atoms with E-state index in [1.165, 1.54) is 19.3 Å². The van der Waals surface area contributed by atoms with E-state index in [-0.39, 0.29) is 0 Å². The molecule has 0 aromatic carbocycles. The number of morpholine rings is 1. The molecule has 0 amide bonds. The average Bonchev–Trinajstić information content (AvgIpc) is 2.27. The molecule has 0 bridgehead atoms. The van der Waals surface area contributed by atoms with Gasteiger partial charge in [0.15, 0.2) is 0 Å². The molecule has 0 saturated carbocycles.